The van der Waals surface area contributed by atoms with Crippen molar-refractivity contribution in [2.24, 2.45) is 0 Å². The van der Waals surface area contributed by atoms with Crippen molar-refractivity contribution in [2.75, 3.05) is 22.9 Å². The van der Waals surface area contributed by atoms with E-state index in [1.807, 2.05) is 18.7 Å². The zero-order chi connectivity index (χ0) is 21.9. The number of amides is 1. The fourth-order valence-corrected chi connectivity index (χ4v) is 5.89. The second-order valence-corrected chi connectivity index (χ2v) is 9.41. The maximum absolute atomic E-state index is 15.3. The Labute approximate surface area is 190 Å². The molecule has 5 rings (SSSR count). The summed E-state index contributed by atoms with van der Waals surface area (Å²) >= 11 is 12.5. The second kappa shape index (κ2) is 7.57. The van der Waals surface area contributed by atoms with Crippen LogP contribution in [0.2, 0.25) is 10.4 Å². The molecule has 1 aromatic carbocycles. The highest BCUT2D eigenvalue weighted by Gasteiger charge is 2.55. The average molecular weight is 465 g/mol. The molecule has 164 valence electrons. The van der Waals surface area contributed by atoms with Gasteiger partial charge in [-0.15, -0.1) is 0 Å². The number of carbonyl (C=O) groups excluding carboxylic acids is 1. The zero-order valence-corrected chi connectivity index (χ0v) is 18.9. The lowest BCUT2D eigenvalue weighted by Crippen LogP contribution is -2.45. The number of halogens is 3. The number of benzene rings is 1. The van der Waals surface area contributed by atoms with Crippen LogP contribution in [0.5, 0.6) is 0 Å². The number of aromatic nitrogens is 2. The molecule has 0 radical (unpaired) electrons. The van der Waals surface area contributed by atoms with E-state index in [0.717, 1.165) is 12.8 Å². The molecule has 1 spiro atoms. The van der Waals surface area contributed by atoms with Gasteiger partial charge in [-0.25, -0.2) is 9.37 Å². The van der Waals surface area contributed by atoms with Gasteiger partial charge in [-0.2, -0.15) is 4.98 Å². The SMILES string of the molecule is C[C@@H]1CN(c2ccc(N3C(=O)C4(CCCC4)c4c(Cl)nc(Cl)nc43)cc2F)C[C@H](C)O1. The summed E-state index contributed by atoms with van der Waals surface area (Å²) in [5, 5.41) is 0.158. The molecule has 9 heteroatoms. The topological polar surface area (TPSA) is 58.6 Å². The molecule has 0 bridgehead atoms. The minimum atomic E-state index is -0.763. The van der Waals surface area contributed by atoms with Crippen LogP contribution < -0.4 is 9.80 Å². The van der Waals surface area contributed by atoms with Crippen LogP contribution in [0.1, 0.15) is 45.1 Å². The third-order valence-electron chi connectivity index (χ3n) is 6.53. The van der Waals surface area contributed by atoms with Crippen molar-refractivity contribution in [2.45, 2.75) is 57.2 Å². The van der Waals surface area contributed by atoms with Crippen LogP contribution in [0.4, 0.5) is 21.6 Å². The molecule has 2 fully saturated rings. The fraction of sp³-hybridized carbons (Fsp3) is 0.500. The molecule has 2 aromatic rings. The summed E-state index contributed by atoms with van der Waals surface area (Å²) in [6, 6.07) is 4.86. The molecule has 1 saturated carbocycles. The quantitative estimate of drug-likeness (QED) is 0.460. The normalized spacial score (nSPS) is 24.9. The third-order valence-corrected chi connectivity index (χ3v) is 6.97. The van der Waals surface area contributed by atoms with Gasteiger partial charge < -0.3 is 9.64 Å². The molecule has 1 amide bonds. The van der Waals surface area contributed by atoms with Crippen LogP contribution in [0.3, 0.4) is 0 Å². The number of nitrogens with zero attached hydrogens (tertiary/aromatic N) is 4. The van der Waals surface area contributed by atoms with Crippen LogP contribution >= 0.6 is 23.2 Å². The molecule has 2 aliphatic heterocycles. The first-order valence-corrected chi connectivity index (χ1v) is 11.3. The van der Waals surface area contributed by atoms with Crippen LogP contribution in [-0.4, -0.2) is 41.2 Å². The maximum Gasteiger partial charge on any atom is 0.243 e. The lowest BCUT2D eigenvalue weighted by atomic mass is 9.81. The smallest absolute Gasteiger partial charge is 0.243 e. The van der Waals surface area contributed by atoms with Gasteiger partial charge in [0.05, 0.1) is 29.0 Å². The Morgan fingerprint density at radius 2 is 1.81 bits per heavy atom. The number of carbonyl (C=O) groups is 1. The first-order valence-electron chi connectivity index (χ1n) is 10.6. The van der Waals surface area contributed by atoms with Crippen molar-refractivity contribution in [1.82, 2.24) is 9.97 Å². The lowest BCUT2D eigenvalue weighted by Gasteiger charge is -2.37. The van der Waals surface area contributed by atoms with Crippen molar-refractivity contribution < 1.29 is 13.9 Å². The van der Waals surface area contributed by atoms with E-state index in [1.54, 1.807) is 12.1 Å². The summed E-state index contributed by atoms with van der Waals surface area (Å²) in [4.78, 5) is 25.5. The summed E-state index contributed by atoms with van der Waals surface area (Å²) in [5.74, 6) is -0.177. The minimum absolute atomic E-state index is 0.0121. The van der Waals surface area contributed by atoms with Gasteiger partial charge in [0, 0.05) is 24.7 Å². The minimum Gasteiger partial charge on any atom is -0.372 e. The number of hydrogen-bond donors (Lipinski definition) is 0. The fourth-order valence-electron chi connectivity index (χ4n) is 5.34. The van der Waals surface area contributed by atoms with E-state index in [-0.39, 0.29) is 28.6 Å². The van der Waals surface area contributed by atoms with E-state index in [4.69, 9.17) is 27.9 Å². The number of anilines is 3. The molecule has 31 heavy (non-hydrogen) atoms. The van der Waals surface area contributed by atoms with Crippen LogP contribution in [-0.2, 0) is 14.9 Å². The molecule has 0 N–H and O–H groups in total. The van der Waals surface area contributed by atoms with Crippen molar-refractivity contribution in [3.05, 3.63) is 40.0 Å². The van der Waals surface area contributed by atoms with Gasteiger partial charge in [0.1, 0.15) is 11.0 Å². The van der Waals surface area contributed by atoms with Gasteiger partial charge in [0.2, 0.25) is 11.2 Å². The van der Waals surface area contributed by atoms with Gasteiger partial charge in [0.15, 0.2) is 5.82 Å². The monoisotopic (exact) mass is 464 g/mol. The molecule has 2 atom stereocenters. The van der Waals surface area contributed by atoms with Crippen LogP contribution in [0, 0.1) is 5.82 Å². The highest BCUT2D eigenvalue weighted by molar-refractivity contribution is 6.34. The van der Waals surface area contributed by atoms with E-state index in [2.05, 4.69) is 9.97 Å². The Bertz CT molecular complexity index is 1050. The molecule has 1 aromatic heterocycles. The molecule has 1 saturated heterocycles. The Morgan fingerprint density at radius 1 is 1.13 bits per heavy atom. The summed E-state index contributed by atoms with van der Waals surface area (Å²) in [6.45, 7) is 5.16. The number of ether oxygens (including phenoxy) is 1. The predicted molar refractivity (Wildman–Crippen MR) is 118 cm³/mol. The number of fused-ring (bicyclic) bond motifs is 2. The highest BCUT2D eigenvalue weighted by atomic mass is 35.5. The van der Waals surface area contributed by atoms with E-state index in [1.165, 1.54) is 11.0 Å². The van der Waals surface area contributed by atoms with Gasteiger partial charge in [0.25, 0.3) is 0 Å². The summed E-state index contributed by atoms with van der Waals surface area (Å²) in [7, 11) is 0. The zero-order valence-electron chi connectivity index (χ0n) is 17.4. The van der Waals surface area contributed by atoms with Crippen LogP contribution in [0.15, 0.2) is 18.2 Å². The molecule has 6 nitrogen and oxygen atoms in total. The molecular formula is C22H23Cl2FN4O2. The molecule has 1 aliphatic carbocycles. The summed E-state index contributed by atoms with van der Waals surface area (Å²) in [6.07, 6.45) is 3.20. The van der Waals surface area contributed by atoms with E-state index in [9.17, 15) is 4.79 Å². The van der Waals surface area contributed by atoms with Gasteiger partial charge in [-0.1, -0.05) is 24.4 Å². The van der Waals surface area contributed by atoms with Crippen molar-refractivity contribution in [3.8, 4) is 0 Å². The Morgan fingerprint density at radius 3 is 2.45 bits per heavy atom. The van der Waals surface area contributed by atoms with Crippen molar-refractivity contribution >= 4 is 46.3 Å². The van der Waals surface area contributed by atoms with Crippen molar-refractivity contribution in [3.63, 3.8) is 0 Å². The second-order valence-electron chi connectivity index (χ2n) is 8.71. The average Bonchev–Trinajstić information content (AvgIpc) is 3.25. The molecular weight excluding hydrogens is 442 g/mol. The maximum atomic E-state index is 15.3. The largest absolute Gasteiger partial charge is 0.372 e. The summed E-state index contributed by atoms with van der Waals surface area (Å²) in [5.41, 5.74) is 0.756. The molecule has 3 heterocycles. The Balaban J connectivity index is 1.57. The van der Waals surface area contributed by atoms with E-state index < -0.39 is 11.2 Å². The standard InChI is InChI=1S/C22H23Cl2FN4O2/c1-12-10-28(11-13(2)31-12)16-6-5-14(9-15(16)25)29-19-17(18(23)26-21(24)27-19)22(20(29)30)7-3-4-8-22/h5-6,9,12-13H,3-4,7-8,10-11H2,1-2H3/t12-,13+. The number of hydrogen-bond acceptors (Lipinski definition) is 5. The lowest BCUT2D eigenvalue weighted by molar-refractivity contribution is -0.122. The van der Waals surface area contributed by atoms with Crippen molar-refractivity contribution in [1.29, 1.82) is 0 Å². The Hall–Kier alpha value is -1.96. The van der Waals surface area contributed by atoms with E-state index in [0.29, 0.717) is 48.7 Å². The van der Waals surface area contributed by atoms with Gasteiger partial charge >= 0.3 is 0 Å². The first kappa shape index (κ1) is 20.9. The number of morpholine rings is 1. The van der Waals surface area contributed by atoms with E-state index >= 15 is 4.39 Å². The molecule has 0 unspecified atom stereocenters. The third kappa shape index (κ3) is 3.29. The number of rotatable bonds is 2. The van der Waals surface area contributed by atoms with Crippen LogP contribution in [0.25, 0.3) is 0 Å². The predicted octanol–water partition coefficient (Wildman–Crippen LogP) is 5.03. The molecule has 3 aliphatic rings. The summed E-state index contributed by atoms with van der Waals surface area (Å²) < 4.78 is 21.0. The van der Waals surface area contributed by atoms with Gasteiger partial charge in [-0.05, 0) is 50.4 Å². The Kier molecular flexibility index (Phi) is 5.11. The highest BCUT2D eigenvalue weighted by Crippen LogP contribution is 2.55. The van der Waals surface area contributed by atoms with Gasteiger partial charge in [-0.3, -0.25) is 9.69 Å². The first-order chi connectivity index (χ1) is 14.8.